The minimum absolute atomic E-state index is 0.00619. The average molecular weight is 801 g/mol. The quantitative estimate of drug-likeness (QED) is 0.0772. The van der Waals surface area contributed by atoms with Crippen molar-refractivity contribution in [3.8, 4) is 0 Å². The predicted molar refractivity (Wildman–Crippen MR) is 244 cm³/mol. The van der Waals surface area contributed by atoms with Crippen LogP contribution in [-0.2, 0) is 10.8 Å². The van der Waals surface area contributed by atoms with E-state index in [1.807, 2.05) is 84.9 Å². The smallest absolute Gasteiger partial charge is 0.169 e. The van der Waals surface area contributed by atoms with Gasteiger partial charge in [-0.15, -0.1) is 0 Å². The highest BCUT2D eigenvalue weighted by Crippen LogP contribution is 2.38. The summed E-state index contributed by atoms with van der Waals surface area (Å²) in [6, 6.07) is 51.4. The van der Waals surface area contributed by atoms with E-state index in [-0.39, 0.29) is 10.8 Å². The van der Waals surface area contributed by atoms with Gasteiger partial charge in [-0.1, -0.05) is 139 Å². The third-order valence-electron chi connectivity index (χ3n) is 10.5. The van der Waals surface area contributed by atoms with Gasteiger partial charge in [0.2, 0.25) is 0 Å². The Morgan fingerprint density at radius 2 is 0.567 bits per heavy atom. The summed E-state index contributed by atoms with van der Waals surface area (Å²) in [4.78, 5) is 4.22. The van der Waals surface area contributed by atoms with Gasteiger partial charge in [0.25, 0.3) is 0 Å². The molecule has 60 heavy (non-hydrogen) atoms. The molecule has 0 saturated carbocycles. The number of benzene rings is 7. The fourth-order valence-electron chi connectivity index (χ4n) is 7.06. The van der Waals surface area contributed by atoms with Crippen LogP contribution < -0.4 is 9.80 Å². The lowest BCUT2D eigenvalue weighted by atomic mass is 9.87. The van der Waals surface area contributed by atoms with Crippen LogP contribution in [0.25, 0.3) is 24.3 Å². The molecule has 6 heteroatoms. The molecule has 2 nitrogen and oxygen atoms in total. The lowest BCUT2D eigenvalue weighted by Crippen LogP contribution is -2.13. The molecular formula is C54H48F4N2. The van der Waals surface area contributed by atoms with Crippen LogP contribution in [0.5, 0.6) is 0 Å². The van der Waals surface area contributed by atoms with Crippen LogP contribution in [0.3, 0.4) is 0 Å². The standard InChI is InChI=1S/C54H48F4N2/c1-53(2,3)39-23-31-45(32-24-39)59(41-13-9-7-10-14-41)43-27-17-37(18-28-43)21-35-47-49(55)51(57)48(52(58)50(47)56)36-22-38-19-29-44(30-20-38)60(42-15-11-8-12-16-42)46-33-25-40(26-34-46)54(4,5)6/h7-36H,1-6H3. The number of hydrogen-bond donors (Lipinski definition) is 0. The van der Waals surface area contributed by atoms with E-state index in [9.17, 15) is 0 Å². The largest absolute Gasteiger partial charge is 0.311 e. The van der Waals surface area contributed by atoms with E-state index in [4.69, 9.17) is 0 Å². The highest BCUT2D eigenvalue weighted by Gasteiger charge is 2.23. The van der Waals surface area contributed by atoms with Crippen molar-refractivity contribution in [3.05, 3.63) is 214 Å². The first-order chi connectivity index (χ1) is 28.7. The number of rotatable bonds is 10. The maximum atomic E-state index is 15.5. The predicted octanol–water partition coefficient (Wildman–Crippen LogP) is 16.1. The molecule has 7 aromatic carbocycles. The fraction of sp³-hybridized carbons (Fsp3) is 0.148. The molecule has 0 unspecified atom stereocenters. The van der Waals surface area contributed by atoms with Crippen LogP contribution >= 0.6 is 0 Å². The van der Waals surface area contributed by atoms with Crippen molar-refractivity contribution in [1.29, 1.82) is 0 Å². The van der Waals surface area contributed by atoms with Gasteiger partial charge in [-0.2, -0.15) is 0 Å². The van der Waals surface area contributed by atoms with E-state index in [1.165, 1.54) is 23.3 Å². The summed E-state index contributed by atoms with van der Waals surface area (Å²) >= 11 is 0. The van der Waals surface area contributed by atoms with E-state index in [2.05, 4.69) is 99.9 Å². The Morgan fingerprint density at radius 3 is 0.833 bits per heavy atom. The van der Waals surface area contributed by atoms with Crippen molar-refractivity contribution in [2.75, 3.05) is 9.80 Å². The Hall–Kier alpha value is -6.66. The molecule has 0 aliphatic heterocycles. The number of nitrogens with zero attached hydrogens (tertiary/aromatic N) is 2. The van der Waals surface area contributed by atoms with Gasteiger partial charge >= 0.3 is 0 Å². The Bertz CT molecular complexity index is 2390. The van der Waals surface area contributed by atoms with E-state index >= 15 is 17.6 Å². The average Bonchev–Trinajstić information content (AvgIpc) is 3.25. The molecule has 0 radical (unpaired) electrons. The van der Waals surface area contributed by atoms with Gasteiger partial charge in [0.1, 0.15) is 0 Å². The molecule has 0 fully saturated rings. The third kappa shape index (κ3) is 9.14. The first-order valence-corrected chi connectivity index (χ1v) is 20.0. The highest BCUT2D eigenvalue weighted by atomic mass is 19.2. The van der Waals surface area contributed by atoms with Crippen molar-refractivity contribution >= 4 is 58.4 Å². The summed E-state index contributed by atoms with van der Waals surface area (Å²) in [7, 11) is 0. The molecule has 0 N–H and O–H groups in total. The molecule has 0 aromatic heterocycles. The minimum Gasteiger partial charge on any atom is -0.311 e. The molecule has 302 valence electrons. The van der Waals surface area contributed by atoms with E-state index in [0.29, 0.717) is 11.1 Å². The Morgan fingerprint density at radius 1 is 0.317 bits per heavy atom. The van der Waals surface area contributed by atoms with Gasteiger partial charge in [-0.05, 0) is 118 Å². The molecule has 0 aliphatic rings. The number of anilines is 6. The van der Waals surface area contributed by atoms with Crippen LogP contribution in [0.15, 0.2) is 158 Å². The molecule has 0 spiro atoms. The second kappa shape index (κ2) is 17.3. The normalized spacial score (nSPS) is 12.0. The molecule has 0 heterocycles. The van der Waals surface area contributed by atoms with Gasteiger partial charge in [0, 0.05) is 34.1 Å². The second-order valence-corrected chi connectivity index (χ2v) is 16.9. The minimum atomic E-state index is -1.47. The van der Waals surface area contributed by atoms with E-state index in [0.717, 1.165) is 46.3 Å². The van der Waals surface area contributed by atoms with Crippen LogP contribution in [0.2, 0.25) is 0 Å². The second-order valence-electron chi connectivity index (χ2n) is 16.9. The van der Waals surface area contributed by atoms with Crippen molar-refractivity contribution in [2.24, 2.45) is 0 Å². The summed E-state index contributed by atoms with van der Waals surface area (Å²) in [6.45, 7) is 13.0. The topological polar surface area (TPSA) is 6.48 Å². The van der Waals surface area contributed by atoms with Crippen molar-refractivity contribution in [3.63, 3.8) is 0 Å². The number of hydrogen-bond acceptors (Lipinski definition) is 2. The summed E-state index contributed by atoms with van der Waals surface area (Å²) in [5, 5.41) is 0. The summed E-state index contributed by atoms with van der Waals surface area (Å²) < 4.78 is 61.8. The van der Waals surface area contributed by atoms with Crippen LogP contribution in [-0.4, -0.2) is 0 Å². The zero-order valence-corrected chi connectivity index (χ0v) is 34.7. The zero-order chi connectivity index (χ0) is 42.6. The van der Waals surface area contributed by atoms with Gasteiger partial charge in [-0.25, -0.2) is 17.6 Å². The van der Waals surface area contributed by atoms with Crippen LogP contribution in [0, 0.1) is 23.3 Å². The monoisotopic (exact) mass is 800 g/mol. The first kappa shape index (κ1) is 41.5. The first-order valence-electron chi connectivity index (χ1n) is 20.0. The van der Waals surface area contributed by atoms with Crippen molar-refractivity contribution in [1.82, 2.24) is 0 Å². The van der Waals surface area contributed by atoms with E-state index in [1.54, 1.807) is 24.3 Å². The van der Waals surface area contributed by atoms with Gasteiger partial charge < -0.3 is 9.80 Å². The maximum absolute atomic E-state index is 15.5. The fourth-order valence-corrected chi connectivity index (χ4v) is 7.06. The molecule has 0 bridgehead atoms. The summed E-state index contributed by atoms with van der Waals surface area (Å²) in [5.41, 5.74) is 7.60. The molecular weight excluding hydrogens is 753 g/mol. The molecule has 0 aliphatic carbocycles. The van der Waals surface area contributed by atoms with Crippen LogP contribution in [0.4, 0.5) is 51.7 Å². The molecule has 0 saturated heterocycles. The van der Waals surface area contributed by atoms with E-state index < -0.39 is 34.4 Å². The SMILES string of the molecule is CC(C)(C)c1ccc(N(c2ccccc2)c2ccc(C=Cc3c(F)c(F)c(C=Cc4ccc(N(c5ccccc5)c5ccc(C(C)(C)C)cc5)cc4)c(F)c3F)cc2)cc1. The summed E-state index contributed by atoms with van der Waals surface area (Å²) in [5.74, 6) is -5.88. The third-order valence-corrected chi connectivity index (χ3v) is 10.5. The zero-order valence-electron chi connectivity index (χ0n) is 34.7. The molecule has 0 amide bonds. The lowest BCUT2D eigenvalue weighted by Gasteiger charge is -2.27. The van der Waals surface area contributed by atoms with Gasteiger partial charge in [0.15, 0.2) is 23.3 Å². The summed E-state index contributed by atoms with van der Waals surface area (Å²) in [6.07, 6.45) is 4.99. The Balaban J connectivity index is 1.11. The molecule has 7 aromatic rings. The highest BCUT2D eigenvalue weighted by molar-refractivity contribution is 5.80. The van der Waals surface area contributed by atoms with Gasteiger partial charge in [-0.3, -0.25) is 0 Å². The number of halogens is 4. The Kier molecular flexibility index (Phi) is 12.0. The van der Waals surface area contributed by atoms with Crippen molar-refractivity contribution in [2.45, 2.75) is 52.4 Å². The lowest BCUT2D eigenvalue weighted by molar-refractivity contribution is 0.448. The van der Waals surface area contributed by atoms with Crippen molar-refractivity contribution < 1.29 is 17.6 Å². The van der Waals surface area contributed by atoms with Gasteiger partial charge in [0.05, 0.1) is 11.1 Å². The maximum Gasteiger partial charge on any atom is 0.169 e. The van der Waals surface area contributed by atoms with Crippen LogP contribution in [0.1, 0.15) is 74.9 Å². The number of para-hydroxylation sites is 2. The Labute approximate surface area is 351 Å². The molecule has 7 rings (SSSR count). The molecule has 0 atom stereocenters.